The lowest BCUT2D eigenvalue weighted by atomic mass is 10.1. The van der Waals surface area contributed by atoms with Crippen molar-refractivity contribution in [3.05, 3.63) is 63.5 Å². The molecule has 3 aromatic rings. The number of nitrogens with zero attached hydrogens (tertiary/aromatic N) is 1. The molecule has 13 heteroatoms. The molecule has 3 N–H and O–H groups in total. The van der Waals surface area contributed by atoms with E-state index in [1.165, 1.54) is 46.5 Å². The van der Waals surface area contributed by atoms with Crippen molar-refractivity contribution in [3.8, 4) is 16.2 Å². The quantitative estimate of drug-likeness (QED) is 0.128. The smallest absolute Gasteiger partial charge is 0.306 e. The Kier molecular flexibility index (Phi) is 8.36. The predicted molar refractivity (Wildman–Crippen MR) is 142 cm³/mol. The van der Waals surface area contributed by atoms with Crippen molar-refractivity contribution in [2.45, 2.75) is 11.8 Å². The summed E-state index contributed by atoms with van der Waals surface area (Å²) in [6, 6.07) is 11.0. The topological polar surface area (TPSA) is 100 Å². The number of aromatic hydroxyl groups is 1. The molecule has 0 spiro atoms. The molecule has 0 unspecified atom stereocenters. The zero-order valence-electron chi connectivity index (χ0n) is 16.1. The van der Waals surface area contributed by atoms with Crippen LogP contribution in [0.5, 0.6) is 5.75 Å². The van der Waals surface area contributed by atoms with E-state index in [1.54, 1.807) is 42.6 Å². The average molecular weight is 642 g/mol. The Morgan fingerprint density at radius 3 is 2.50 bits per heavy atom. The first-order valence-electron chi connectivity index (χ1n) is 8.65. The number of thiophene rings is 1. The molecule has 0 aliphatic heterocycles. The van der Waals surface area contributed by atoms with Crippen LogP contribution in [0.4, 0.5) is 5.69 Å². The van der Waals surface area contributed by atoms with Gasteiger partial charge in [0, 0.05) is 11.1 Å². The molecule has 0 amide bonds. The molecule has 3 rings (SSSR count). The maximum Gasteiger partial charge on any atom is 0.306 e. The van der Waals surface area contributed by atoms with Gasteiger partial charge in [0.15, 0.2) is 5.11 Å². The van der Waals surface area contributed by atoms with Gasteiger partial charge in [0.05, 0.1) is 31.1 Å². The third-order valence-corrected chi connectivity index (χ3v) is 8.53. The standard InChI is InChI=1S/C19H14Cl2IN3O4S3/c1-10(14-9-31-18(17(14)26)11-2-7-15(20)16(21)8-11)24-25-19(30)23-12-3-5-13(6-4-12)32(27,28)29-22/h2-9,26H,1H3,(H2,23,25,30)/b24-10+. The highest BCUT2D eigenvalue weighted by Gasteiger charge is 2.16. The van der Waals surface area contributed by atoms with Crippen LogP contribution in [-0.4, -0.2) is 24.3 Å². The molecule has 0 aliphatic rings. The number of nitrogens with one attached hydrogen (secondary N) is 2. The van der Waals surface area contributed by atoms with E-state index in [4.69, 9.17) is 35.4 Å². The molecule has 2 aromatic carbocycles. The molecule has 0 fully saturated rings. The van der Waals surface area contributed by atoms with Gasteiger partial charge in [-0.15, -0.1) is 11.3 Å². The number of benzene rings is 2. The third-order valence-electron chi connectivity index (χ3n) is 4.15. The molecule has 1 heterocycles. The molecule has 32 heavy (non-hydrogen) atoms. The van der Waals surface area contributed by atoms with Crippen LogP contribution in [-0.2, 0) is 12.6 Å². The molecule has 0 atom stereocenters. The number of rotatable bonds is 6. The predicted octanol–water partition coefficient (Wildman–Crippen LogP) is 6.19. The van der Waals surface area contributed by atoms with Crippen LogP contribution in [0.1, 0.15) is 12.5 Å². The average Bonchev–Trinajstić information content (AvgIpc) is 3.15. The van der Waals surface area contributed by atoms with E-state index in [1.807, 2.05) is 0 Å². The number of hydrogen-bond donors (Lipinski definition) is 3. The van der Waals surface area contributed by atoms with Crippen molar-refractivity contribution in [2.75, 3.05) is 5.32 Å². The lowest BCUT2D eigenvalue weighted by Gasteiger charge is -2.09. The zero-order valence-corrected chi connectivity index (χ0v) is 22.2. The fourth-order valence-corrected chi connectivity index (χ4v) is 5.17. The van der Waals surface area contributed by atoms with Gasteiger partial charge in [-0.25, -0.2) is 0 Å². The summed E-state index contributed by atoms with van der Waals surface area (Å²) in [5, 5.41) is 20.5. The van der Waals surface area contributed by atoms with Gasteiger partial charge < -0.3 is 10.4 Å². The zero-order chi connectivity index (χ0) is 23.5. The van der Waals surface area contributed by atoms with Gasteiger partial charge in [-0.05, 0) is 61.1 Å². The number of thiocarbonyl (C=S) groups is 1. The molecule has 7 nitrogen and oxygen atoms in total. The minimum absolute atomic E-state index is 0.0240. The molecule has 0 radical (unpaired) electrons. The first kappa shape index (κ1) is 25.1. The monoisotopic (exact) mass is 641 g/mol. The van der Waals surface area contributed by atoms with E-state index < -0.39 is 10.1 Å². The molecule has 0 aliphatic carbocycles. The van der Waals surface area contributed by atoms with Gasteiger partial charge in [0.25, 0.3) is 0 Å². The lowest BCUT2D eigenvalue weighted by molar-refractivity contribution is 0.478. The molecule has 0 saturated heterocycles. The van der Waals surface area contributed by atoms with Crippen molar-refractivity contribution >= 4 is 96.4 Å². The second kappa shape index (κ2) is 10.6. The van der Waals surface area contributed by atoms with Gasteiger partial charge in [-0.1, -0.05) is 29.3 Å². The fourth-order valence-electron chi connectivity index (χ4n) is 2.55. The van der Waals surface area contributed by atoms with Crippen LogP contribution in [0.2, 0.25) is 10.0 Å². The van der Waals surface area contributed by atoms with Crippen LogP contribution in [0.15, 0.2) is 57.8 Å². The fraction of sp³-hybridized carbons (Fsp3) is 0.0526. The number of halogens is 3. The summed E-state index contributed by atoms with van der Waals surface area (Å²) in [4.78, 5) is 0.662. The van der Waals surface area contributed by atoms with Gasteiger partial charge >= 0.3 is 10.1 Å². The van der Waals surface area contributed by atoms with Crippen molar-refractivity contribution in [2.24, 2.45) is 5.10 Å². The molecule has 1 aromatic heterocycles. The highest BCUT2D eigenvalue weighted by molar-refractivity contribution is 14.1. The van der Waals surface area contributed by atoms with Gasteiger partial charge in [0.2, 0.25) is 0 Å². The SMILES string of the molecule is C/C(=N\NC(=S)Nc1ccc(S(=O)(=O)OI)cc1)c1csc(-c2ccc(Cl)c(Cl)c2)c1O. The normalized spacial score (nSPS) is 11.9. The third kappa shape index (κ3) is 5.90. The number of hydrogen-bond acceptors (Lipinski definition) is 7. The van der Waals surface area contributed by atoms with Crippen LogP contribution in [0, 0.1) is 0 Å². The summed E-state index contributed by atoms with van der Waals surface area (Å²) >= 11 is 19.9. The van der Waals surface area contributed by atoms with Crippen molar-refractivity contribution in [1.82, 2.24) is 5.43 Å². The van der Waals surface area contributed by atoms with E-state index in [0.29, 0.717) is 31.9 Å². The highest BCUT2D eigenvalue weighted by Crippen LogP contribution is 2.40. The first-order chi connectivity index (χ1) is 15.1. The Bertz CT molecular complexity index is 1300. The van der Waals surface area contributed by atoms with Crippen LogP contribution in [0.3, 0.4) is 0 Å². The van der Waals surface area contributed by atoms with Crippen LogP contribution >= 0.6 is 69.8 Å². The Morgan fingerprint density at radius 2 is 1.88 bits per heavy atom. The summed E-state index contributed by atoms with van der Waals surface area (Å²) in [6.45, 7) is 1.72. The maximum atomic E-state index is 11.7. The highest BCUT2D eigenvalue weighted by atomic mass is 127. The van der Waals surface area contributed by atoms with Crippen molar-refractivity contribution < 1.29 is 16.0 Å². The van der Waals surface area contributed by atoms with Gasteiger partial charge in [-0.3, -0.25) is 5.43 Å². The Labute approximate surface area is 218 Å². The van der Waals surface area contributed by atoms with E-state index in [0.717, 1.165) is 5.56 Å². The minimum atomic E-state index is -3.77. The number of hydrazone groups is 1. The van der Waals surface area contributed by atoms with Crippen LogP contribution < -0.4 is 10.7 Å². The second-order valence-electron chi connectivity index (χ2n) is 6.26. The first-order valence-corrected chi connectivity index (χ1v) is 13.0. The van der Waals surface area contributed by atoms with E-state index in [2.05, 4.69) is 18.4 Å². The maximum absolute atomic E-state index is 11.7. The summed E-state index contributed by atoms with van der Waals surface area (Å²) in [7, 11) is -3.77. The molecule has 0 saturated carbocycles. The Morgan fingerprint density at radius 1 is 1.19 bits per heavy atom. The molecular formula is C19H14Cl2IN3O4S3. The van der Waals surface area contributed by atoms with E-state index >= 15 is 0 Å². The summed E-state index contributed by atoms with van der Waals surface area (Å²) in [5.41, 5.74) is 5.05. The van der Waals surface area contributed by atoms with Crippen molar-refractivity contribution in [1.29, 1.82) is 0 Å². The van der Waals surface area contributed by atoms with E-state index in [-0.39, 0.29) is 15.8 Å². The van der Waals surface area contributed by atoms with Crippen molar-refractivity contribution in [3.63, 3.8) is 0 Å². The van der Waals surface area contributed by atoms with E-state index in [9.17, 15) is 13.5 Å². The largest absolute Gasteiger partial charge is 0.506 e. The minimum Gasteiger partial charge on any atom is -0.506 e. The summed E-state index contributed by atoms with van der Waals surface area (Å²) in [6.07, 6.45) is 0. The second-order valence-corrected chi connectivity index (χ2v) is 10.9. The molecular weight excluding hydrogens is 628 g/mol. The van der Waals surface area contributed by atoms with Crippen LogP contribution in [0.25, 0.3) is 10.4 Å². The lowest BCUT2D eigenvalue weighted by Crippen LogP contribution is -2.24. The van der Waals surface area contributed by atoms with Gasteiger partial charge in [-0.2, -0.15) is 16.0 Å². The Balaban J connectivity index is 1.68. The summed E-state index contributed by atoms with van der Waals surface area (Å²) in [5.74, 6) is 0.0737. The number of anilines is 1. The molecule has 0 bridgehead atoms. The summed E-state index contributed by atoms with van der Waals surface area (Å²) < 4.78 is 27.8. The molecule has 168 valence electrons. The van der Waals surface area contributed by atoms with Gasteiger partial charge in [0.1, 0.15) is 28.8 Å². The Hall–Kier alpha value is -1.48.